The number of para-hydroxylation sites is 6. The number of nitrogens with one attached hydrogen (secondary N) is 2. The van der Waals surface area contributed by atoms with Gasteiger partial charge < -0.3 is 19.1 Å². The second kappa shape index (κ2) is 26.1. The highest BCUT2D eigenvalue weighted by molar-refractivity contribution is 6.22. The minimum atomic E-state index is 0.445. The summed E-state index contributed by atoms with van der Waals surface area (Å²) in [5.41, 5.74) is 29.7. The summed E-state index contributed by atoms with van der Waals surface area (Å²) in [6.45, 7) is 7.40. The topological polar surface area (TPSA) is 76.0 Å². The van der Waals surface area contributed by atoms with Crippen LogP contribution in [0.3, 0.4) is 0 Å². The van der Waals surface area contributed by atoms with Gasteiger partial charge in [-0.1, -0.05) is 267 Å². The van der Waals surface area contributed by atoms with Crippen LogP contribution in [0.5, 0.6) is 0 Å². The number of aromatic nitrogens is 6. The van der Waals surface area contributed by atoms with Gasteiger partial charge in [0.2, 0.25) is 5.96 Å². The molecule has 0 amide bonds. The second-order valence-corrected chi connectivity index (χ2v) is 30.3. The normalized spacial score (nSPS) is 12.4. The number of hydrogen-bond acceptors (Lipinski definition) is 1. The highest BCUT2D eigenvalue weighted by Crippen LogP contribution is 2.45. The van der Waals surface area contributed by atoms with E-state index in [0.29, 0.717) is 11.8 Å². The third kappa shape index (κ3) is 10.6. The van der Waals surface area contributed by atoms with Gasteiger partial charge in [0.1, 0.15) is 5.82 Å². The zero-order chi connectivity index (χ0) is 75.9. The van der Waals surface area contributed by atoms with Crippen LogP contribution in [0.2, 0.25) is 0 Å². The van der Waals surface area contributed by atoms with E-state index >= 15 is 0 Å². The minimum Gasteiger partial charge on any atom is -0.355 e. The molecule has 0 saturated carbocycles. The Morgan fingerprint density at radius 3 is 0.974 bits per heavy atom. The largest absolute Gasteiger partial charge is 0.355 e. The molecule has 115 heavy (non-hydrogen) atoms. The predicted molar refractivity (Wildman–Crippen MR) is 486 cm³/mol. The summed E-state index contributed by atoms with van der Waals surface area (Å²) in [6, 6.07) is 139. The van der Waals surface area contributed by atoms with Crippen molar-refractivity contribution in [2.45, 2.75) is 6.92 Å². The number of rotatable bonds is 11. The van der Waals surface area contributed by atoms with Crippen molar-refractivity contribution in [2.24, 2.45) is 9.98 Å². The minimum absolute atomic E-state index is 0.445. The fourth-order valence-electron chi connectivity index (χ4n) is 18.5. The van der Waals surface area contributed by atoms with E-state index in [-0.39, 0.29) is 0 Å². The fourth-order valence-corrected chi connectivity index (χ4v) is 18.5. The van der Waals surface area contributed by atoms with Crippen LogP contribution in [0.15, 0.2) is 399 Å². The zero-order valence-corrected chi connectivity index (χ0v) is 62.8. The third-order valence-electron chi connectivity index (χ3n) is 23.8. The molecule has 8 heteroatoms. The van der Waals surface area contributed by atoms with Gasteiger partial charge in [0.15, 0.2) is 0 Å². The lowest BCUT2D eigenvalue weighted by Crippen LogP contribution is -2.14. The molecule has 6 aromatic heterocycles. The van der Waals surface area contributed by atoms with E-state index in [2.05, 4.69) is 417 Å². The summed E-state index contributed by atoms with van der Waals surface area (Å²) in [4.78, 5) is 19.7. The molecule has 23 rings (SSSR count). The first-order valence-electron chi connectivity index (χ1n) is 39.3. The van der Waals surface area contributed by atoms with Crippen LogP contribution in [-0.4, -0.2) is 39.9 Å². The Morgan fingerprint density at radius 2 is 0.548 bits per heavy atom. The van der Waals surface area contributed by atoms with Crippen LogP contribution in [0, 0.1) is 0 Å². The Balaban J connectivity index is 0.798. The summed E-state index contributed by atoms with van der Waals surface area (Å²) in [6.07, 6.45) is 0. The van der Waals surface area contributed by atoms with Crippen LogP contribution >= 0.6 is 0 Å². The molecule has 0 aliphatic rings. The lowest BCUT2D eigenvalue weighted by molar-refractivity contribution is 1.14. The molecule has 17 aromatic carbocycles. The molecule has 0 radical (unpaired) electrons. The van der Waals surface area contributed by atoms with E-state index in [9.17, 15) is 0 Å². The van der Waals surface area contributed by atoms with Crippen molar-refractivity contribution >= 4 is 148 Å². The van der Waals surface area contributed by atoms with Gasteiger partial charge in [-0.2, -0.15) is 4.99 Å². The van der Waals surface area contributed by atoms with Crippen LogP contribution in [-0.2, 0) is 0 Å². The molecule has 0 spiro atoms. The molecule has 0 bridgehead atoms. The highest BCUT2D eigenvalue weighted by Gasteiger charge is 2.25. The van der Waals surface area contributed by atoms with Crippen LogP contribution < -0.4 is 0 Å². The highest BCUT2D eigenvalue weighted by atomic mass is 15.2. The van der Waals surface area contributed by atoms with Crippen LogP contribution in [0.1, 0.15) is 12.5 Å². The molecule has 0 saturated heterocycles. The molecular weight excluding hydrogens is 1400 g/mol. The monoisotopic (exact) mass is 1470 g/mol. The number of benzene rings is 17. The first-order chi connectivity index (χ1) is 56.8. The van der Waals surface area contributed by atoms with Gasteiger partial charge in [-0.3, -0.25) is 9.13 Å². The van der Waals surface area contributed by atoms with E-state index < -0.39 is 0 Å². The zero-order valence-electron chi connectivity index (χ0n) is 62.8. The Bertz CT molecular complexity index is 7590. The van der Waals surface area contributed by atoms with Gasteiger partial charge in [-0.25, -0.2) is 4.99 Å². The van der Waals surface area contributed by atoms with E-state index in [1.54, 1.807) is 0 Å². The van der Waals surface area contributed by atoms with Crippen LogP contribution in [0.4, 0.5) is 0 Å². The van der Waals surface area contributed by atoms with Gasteiger partial charge in [0.05, 0.1) is 44.1 Å². The lowest BCUT2D eigenvalue weighted by Gasteiger charge is -2.17. The molecule has 0 aliphatic carbocycles. The molecule has 8 nitrogen and oxygen atoms in total. The molecule has 0 aliphatic heterocycles. The Hall–Kier alpha value is -15.4. The third-order valence-corrected chi connectivity index (χ3v) is 23.8. The Kier molecular flexibility index (Phi) is 14.9. The van der Waals surface area contributed by atoms with E-state index in [1.807, 2.05) is 0 Å². The average molecular weight is 1470 g/mol. The summed E-state index contributed by atoms with van der Waals surface area (Å²) < 4.78 is 9.38. The number of nitrogens with zero attached hydrogens (tertiary/aromatic N) is 6. The molecule has 2 N–H and O–H groups in total. The Morgan fingerprint density at radius 1 is 0.235 bits per heavy atom. The lowest BCUT2D eigenvalue weighted by atomic mass is 9.89. The van der Waals surface area contributed by atoms with E-state index in [1.165, 1.54) is 43.1 Å². The summed E-state index contributed by atoms with van der Waals surface area (Å²) in [5, 5.41) is 13.7. The standard InChI is InChI=1S/C107H70N8/c1-66(106-80(68-24-7-3-8-25-68)36-23-37-81(106)69-26-9-4-10-27-69)108-107(115-104-64-76(70-46-54-96-90(58-70)82-32-15-19-38-94(82)110-96)44-52-88(104)89-53-45-77(65-105(89)115)71-47-55-97-91(59-71)83-33-16-20-39-95(83)111-97)109-67(2)112-102-62-74(72-48-56-100-92(60-72)84-34-17-21-40-98(84)113(100)78-28-11-5-12-29-78)42-50-86(102)87-51-43-75(63-103(87)112)73-49-57-101-93(61-73)85-35-18-22-41-99(85)114(101)79-30-13-6-14-31-79/h3-65,110-111H,2H2,1H3/b108-66+,109-107+. The molecular formula is C107H70N8. The van der Waals surface area contributed by atoms with E-state index in [4.69, 9.17) is 16.6 Å². The first-order valence-corrected chi connectivity index (χ1v) is 39.3. The molecule has 0 fully saturated rings. The fraction of sp³-hybridized carbons (Fsp3) is 0.00935. The SMILES string of the molecule is C=C(/N=C(\N=C(/C)c1c(-c2ccccc2)cccc1-c1ccccc1)n1c2cc(-c3ccc4[nH]c5ccccc5c4c3)ccc2c2ccc(-c3ccc4[nH]c5ccccc5c4c3)cc21)n1c2cc(-c3ccc4c(c3)c3ccccc3n4-c3ccccc3)ccc2c2ccc(-c3ccc4c(c3)c3ccccc3n4-c3ccccc3)cc21. The number of aromatic amines is 2. The van der Waals surface area contributed by atoms with Crippen LogP contribution in [0.25, 0.3) is 215 Å². The maximum atomic E-state index is 6.14. The van der Waals surface area contributed by atoms with Crippen molar-refractivity contribution in [3.63, 3.8) is 0 Å². The van der Waals surface area contributed by atoms with Gasteiger partial charge in [-0.15, -0.1) is 0 Å². The number of H-pyrrole nitrogens is 2. The quantitative estimate of drug-likeness (QED) is 0.0956. The van der Waals surface area contributed by atoms with Crippen molar-refractivity contribution in [3.8, 4) is 78.1 Å². The van der Waals surface area contributed by atoms with Gasteiger partial charge in [-0.05, 0) is 195 Å². The van der Waals surface area contributed by atoms with Gasteiger partial charge in [0, 0.05) is 109 Å². The molecule has 6 heterocycles. The van der Waals surface area contributed by atoms with Crippen molar-refractivity contribution in [1.82, 2.24) is 28.2 Å². The van der Waals surface area contributed by atoms with Crippen molar-refractivity contribution in [2.75, 3.05) is 0 Å². The molecule has 23 aromatic rings. The molecule has 0 unspecified atom stereocenters. The smallest absolute Gasteiger partial charge is 0.236 e. The number of aliphatic imine (C=N–C) groups is 2. The maximum absolute atomic E-state index is 6.14. The van der Waals surface area contributed by atoms with Crippen molar-refractivity contribution in [1.29, 1.82) is 0 Å². The predicted octanol–water partition coefficient (Wildman–Crippen LogP) is 28.2. The van der Waals surface area contributed by atoms with Gasteiger partial charge in [0.25, 0.3) is 0 Å². The van der Waals surface area contributed by atoms with Gasteiger partial charge >= 0.3 is 0 Å². The summed E-state index contributed by atoms with van der Waals surface area (Å²) in [5.74, 6) is 0.931. The van der Waals surface area contributed by atoms with Crippen molar-refractivity contribution < 1.29 is 0 Å². The van der Waals surface area contributed by atoms with Crippen molar-refractivity contribution in [3.05, 3.63) is 394 Å². The molecule has 538 valence electrons. The van der Waals surface area contributed by atoms with E-state index in [0.717, 1.165) is 177 Å². The number of hydrogen-bond donors (Lipinski definition) is 2. The first kappa shape index (κ1) is 65.5. The summed E-state index contributed by atoms with van der Waals surface area (Å²) >= 11 is 0. The maximum Gasteiger partial charge on any atom is 0.236 e. The number of fused-ring (bicyclic) bond motifs is 18. The molecule has 0 atom stereocenters. The average Bonchev–Trinajstić information content (AvgIpc) is 1.56. The second-order valence-electron chi connectivity index (χ2n) is 30.3. The summed E-state index contributed by atoms with van der Waals surface area (Å²) in [7, 11) is 0. The Labute approximate surface area is 661 Å².